The van der Waals surface area contributed by atoms with Gasteiger partial charge in [0.1, 0.15) is 0 Å². The van der Waals surface area contributed by atoms with Gasteiger partial charge in [0.05, 0.1) is 5.37 Å². The molecule has 1 unspecified atom stereocenters. The standard InChI is InChI=1S/C12H12N2OS/c15-11-9(12-13-5-6-16-12)7-8-3-1-2-4-10(8)14-11/h1-4,7,12-13H,5-6H2,(H,14,15). The Balaban J connectivity index is 2.17. The summed E-state index contributed by atoms with van der Waals surface area (Å²) in [6.07, 6.45) is 0. The summed E-state index contributed by atoms with van der Waals surface area (Å²) in [5, 5.41) is 4.56. The van der Waals surface area contributed by atoms with Gasteiger partial charge in [0.25, 0.3) is 5.56 Å². The van der Waals surface area contributed by atoms with E-state index in [1.165, 1.54) is 0 Å². The molecule has 0 radical (unpaired) electrons. The van der Waals surface area contributed by atoms with Gasteiger partial charge in [0, 0.05) is 23.4 Å². The van der Waals surface area contributed by atoms with E-state index in [-0.39, 0.29) is 10.9 Å². The van der Waals surface area contributed by atoms with Crippen LogP contribution in [-0.4, -0.2) is 17.3 Å². The number of benzene rings is 1. The topological polar surface area (TPSA) is 44.9 Å². The minimum Gasteiger partial charge on any atom is -0.322 e. The number of H-pyrrole nitrogens is 1. The van der Waals surface area contributed by atoms with Gasteiger partial charge < -0.3 is 10.3 Å². The fourth-order valence-electron chi connectivity index (χ4n) is 1.98. The van der Waals surface area contributed by atoms with Gasteiger partial charge in [0.15, 0.2) is 0 Å². The average molecular weight is 232 g/mol. The molecule has 1 atom stereocenters. The molecule has 2 heterocycles. The molecule has 1 aromatic heterocycles. The van der Waals surface area contributed by atoms with Crippen molar-refractivity contribution in [3.8, 4) is 0 Å². The second-order valence-corrected chi connectivity index (χ2v) is 5.06. The molecule has 0 aliphatic carbocycles. The normalized spacial score (nSPS) is 20.4. The first-order valence-electron chi connectivity index (χ1n) is 5.31. The summed E-state index contributed by atoms with van der Waals surface area (Å²) in [5.41, 5.74) is 1.76. The molecule has 0 spiro atoms. The third-order valence-corrected chi connectivity index (χ3v) is 3.97. The highest BCUT2D eigenvalue weighted by atomic mass is 32.2. The molecule has 1 fully saturated rings. The van der Waals surface area contributed by atoms with Gasteiger partial charge in [-0.25, -0.2) is 0 Å². The van der Waals surface area contributed by atoms with Gasteiger partial charge in [-0.1, -0.05) is 18.2 Å². The van der Waals surface area contributed by atoms with Crippen molar-refractivity contribution < 1.29 is 0 Å². The van der Waals surface area contributed by atoms with Gasteiger partial charge in [-0.2, -0.15) is 0 Å². The number of rotatable bonds is 1. The Morgan fingerprint density at radius 1 is 1.31 bits per heavy atom. The molecule has 0 bridgehead atoms. The molecule has 2 N–H and O–H groups in total. The number of pyridine rings is 1. The Morgan fingerprint density at radius 3 is 3.00 bits per heavy atom. The third-order valence-electron chi connectivity index (χ3n) is 2.78. The number of aromatic nitrogens is 1. The van der Waals surface area contributed by atoms with E-state index >= 15 is 0 Å². The van der Waals surface area contributed by atoms with E-state index in [0.29, 0.717) is 0 Å². The smallest absolute Gasteiger partial charge is 0.254 e. The van der Waals surface area contributed by atoms with Crippen molar-refractivity contribution in [2.24, 2.45) is 0 Å². The van der Waals surface area contributed by atoms with Crippen molar-refractivity contribution in [3.63, 3.8) is 0 Å². The Morgan fingerprint density at radius 2 is 2.19 bits per heavy atom. The van der Waals surface area contributed by atoms with Crippen LogP contribution < -0.4 is 10.9 Å². The summed E-state index contributed by atoms with van der Waals surface area (Å²) in [6, 6.07) is 9.86. The first kappa shape index (κ1) is 9.93. The Bertz CT molecular complexity index is 572. The van der Waals surface area contributed by atoms with E-state index in [1.807, 2.05) is 30.3 Å². The fraction of sp³-hybridized carbons (Fsp3) is 0.250. The summed E-state index contributed by atoms with van der Waals surface area (Å²) < 4.78 is 0. The SMILES string of the molecule is O=c1[nH]c2ccccc2cc1C1NCCS1. The average Bonchev–Trinajstić information content (AvgIpc) is 2.81. The fourth-order valence-corrected chi connectivity index (χ4v) is 3.05. The van der Waals surface area contributed by atoms with E-state index in [4.69, 9.17) is 0 Å². The Labute approximate surface area is 97.3 Å². The van der Waals surface area contributed by atoms with Crippen molar-refractivity contribution in [1.82, 2.24) is 10.3 Å². The minimum atomic E-state index is 0.0191. The zero-order valence-electron chi connectivity index (χ0n) is 8.69. The van der Waals surface area contributed by atoms with Crippen molar-refractivity contribution in [2.45, 2.75) is 5.37 Å². The van der Waals surface area contributed by atoms with Crippen LogP contribution in [0.5, 0.6) is 0 Å². The lowest BCUT2D eigenvalue weighted by Crippen LogP contribution is -2.21. The van der Waals surface area contributed by atoms with Crippen LogP contribution in [0.25, 0.3) is 10.9 Å². The number of aromatic amines is 1. The number of nitrogens with one attached hydrogen (secondary N) is 2. The molecule has 82 valence electrons. The summed E-state index contributed by atoms with van der Waals surface area (Å²) >= 11 is 1.79. The Kier molecular flexibility index (Phi) is 2.46. The minimum absolute atomic E-state index is 0.0191. The predicted octanol–water partition coefficient (Wildman–Crippen LogP) is 1.86. The lowest BCUT2D eigenvalue weighted by molar-refractivity contribution is 0.744. The molecule has 2 aromatic rings. The third kappa shape index (κ3) is 1.64. The monoisotopic (exact) mass is 232 g/mol. The zero-order chi connectivity index (χ0) is 11.0. The van der Waals surface area contributed by atoms with E-state index < -0.39 is 0 Å². The van der Waals surface area contributed by atoms with Crippen LogP contribution in [0.1, 0.15) is 10.9 Å². The van der Waals surface area contributed by atoms with E-state index in [1.54, 1.807) is 11.8 Å². The van der Waals surface area contributed by atoms with Crippen LogP contribution in [0.4, 0.5) is 0 Å². The second-order valence-electron chi connectivity index (χ2n) is 3.85. The van der Waals surface area contributed by atoms with E-state index in [0.717, 1.165) is 28.8 Å². The van der Waals surface area contributed by atoms with Crippen molar-refractivity contribution in [3.05, 3.63) is 46.2 Å². The zero-order valence-corrected chi connectivity index (χ0v) is 9.51. The van der Waals surface area contributed by atoms with Gasteiger partial charge in [0.2, 0.25) is 0 Å². The molecule has 0 amide bonds. The van der Waals surface area contributed by atoms with Gasteiger partial charge >= 0.3 is 0 Å². The predicted molar refractivity (Wildman–Crippen MR) is 67.8 cm³/mol. The molecule has 3 rings (SSSR count). The van der Waals surface area contributed by atoms with Crippen LogP contribution in [-0.2, 0) is 0 Å². The molecule has 16 heavy (non-hydrogen) atoms. The first-order valence-corrected chi connectivity index (χ1v) is 6.36. The summed E-state index contributed by atoms with van der Waals surface area (Å²) in [4.78, 5) is 14.8. The molecule has 3 nitrogen and oxygen atoms in total. The molecule has 1 aromatic carbocycles. The van der Waals surface area contributed by atoms with Crippen LogP contribution in [0.2, 0.25) is 0 Å². The van der Waals surface area contributed by atoms with Gasteiger partial charge in [-0.15, -0.1) is 11.8 Å². The highest BCUT2D eigenvalue weighted by Gasteiger charge is 2.19. The lowest BCUT2D eigenvalue weighted by atomic mass is 10.1. The van der Waals surface area contributed by atoms with Crippen molar-refractivity contribution in [2.75, 3.05) is 12.3 Å². The maximum absolute atomic E-state index is 11.9. The number of thioether (sulfide) groups is 1. The number of hydrogen-bond donors (Lipinski definition) is 2. The maximum atomic E-state index is 11.9. The quantitative estimate of drug-likeness (QED) is 0.789. The van der Waals surface area contributed by atoms with Crippen LogP contribution in [0.15, 0.2) is 35.1 Å². The summed E-state index contributed by atoms with van der Waals surface area (Å²) in [5.74, 6) is 1.07. The summed E-state index contributed by atoms with van der Waals surface area (Å²) in [7, 11) is 0. The van der Waals surface area contributed by atoms with Gasteiger partial charge in [-0.05, 0) is 17.5 Å². The van der Waals surface area contributed by atoms with Gasteiger partial charge in [-0.3, -0.25) is 4.79 Å². The molecule has 0 saturated carbocycles. The van der Waals surface area contributed by atoms with Crippen molar-refractivity contribution >= 4 is 22.7 Å². The number of hydrogen-bond acceptors (Lipinski definition) is 3. The van der Waals surface area contributed by atoms with Crippen LogP contribution in [0, 0.1) is 0 Å². The molecule has 1 aliphatic rings. The lowest BCUT2D eigenvalue weighted by Gasteiger charge is -2.09. The molecular formula is C12H12N2OS. The first-order chi connectivity index (χ1) is 7.84. The maximum Gasteiger partial charge on any atom is 0.254 e. The largest absolute Gasteiger partial charge is 0.322 e. The van der Waals surface area contributed by atoms with E-state index in [9.17, 15) is 4.79 Å². The highest BCUT2D eigenvalue weighted by molar-refractivity contribution is 7.99. The second kappa shape index (κ2) is 3.96. The summed E-state index contributed by atoms with van der Waals surface area (Å²) in [6.45, 7) is 0.974. The number of fused-ring (bicyclic) bond motifs is 1. The van der Waals surface area contributed by atoms with E-state index in [2.05, 4.69) is 10.3 Å². The van der Waals surface area contributed by atoms with Crippen LogP contribution >= 0.6 is 11.8 Å². The molecule has 1 saturated heterocycles. The molecular weight excluding hydrogens is 220 g/mol. The number of para-hydroxylation sites is 1. The highest BCUT2D eigenvalue weighted by Crippen LogP contribution is 2.28. The van der Waals surface area contributed by atoms with Crippen LogP contribution in [0.3, 0.4) is 0 Å². The molecule has 1 aliphatic heterocycles. The Hall–Kier alpha value is -1.26. The molecule has 4 heteroatoms. The van der Waals surface area contributed by atoms with Crippen molar-refractivity contribution in [1.29, 1.82) is 0 Å².